The number of hydrogen-bond donors (Lipinski definition) is 1. The number of carbonyl (C=O) groups is 1. The van der Waals surface area contributed by atoms with Gasteiger partial charge in [-0.15, -0.1) is 0 Å². The van der Waals surface area contributed by atoms with Crippen LogP contribution in [-0.4, -0.2) is 11.0 Å². The summed E-state index contributed by atoms with van der Waals surface area (Å²) in [5.74, 6) is -0.931. The fourth-order valence-electron chi connectivity index (χ4n) is 2.52. The number of aryl methyl sites for hydroxylation is 1. The number of esters is 1. The van der Waals surface area contributed by atoms with Gasteiger partial charge in [0.25, 0.3) is 5.56 Å². The quantitative estimate of drug-likeness (QED) is 0.770. The Morgan fingerprint density at radius 2 is 2.12 bits per heavy atom. The Hall–Kier alpha value is -2.46. The topological polar surface area (TPSA) is 83.0 Å². The van der Waals surface area contributed by atoms with Gasteiger partial charge in [0.15, 0.2) is 0 Å². The normalized spacial score (nSPS) is 10.4. The Balaban J connectivity index is 2.01. The number of nitrogens with one attached hydrogen (secondary N) is 1. The number of nitriles is 1. The molecule has 0 saturated heterocycles. The summed E-state index contributed by atoms with van der Waals surface area (Å²) in [7, 11) is 0. The molecule has 1 aromatic heterocycles. The number of aromatic amines is 1. The van der Waals surface area contributed by atoms with Crippen LogP contribution in [-0.2, 0) is 22.6 Å². The highest BCUT2D eigenvalue weighted by molar-refractivity contribution is 9.10. The molecule has 2 rings (SSSR count). The van der Waals surface area contributed by atoms with Gasteiger partial charge in [0, 0.05) is 22.2 Å². The molecule has 1 aromatic carbocycles. The van der Waals surface area contributed by atoms with Gasteiger partial charge in [-0.3, -0.25) is 9.59 Å². The average molecular weight is 407 g/mol. The maximum absolute atomic E-state index is 13.7. The Kier molecular flexibility index (Phi) is 6.10. The third kappa shape index (κ3) is 4.54. The van der Waals surface area contributed by atoms with Crippen molar-refractivity contribution in [2.75, 3.05) is 0 Å². The van der Waals surface area contributed by atoms with E-state index in [0.717, 1.165) is 5.56 Å². The van der Waals surface area contributed by atoms with Crippen molar-refractivity contribution < 1.29 is 13.9 Å². The highest BCUT2D eigenvalue weighted by Gasteiger charge is 2.14. The van der Waals surface area contributed by atoms with Crippen LogP contribution >= 0.6 is 15.9 Å². The fourth-order valence-corrected chi connectivity index (χ4v) is 2.85. The minimum Gasteiger partial charge on any atom is -0.461 e. The molecule has 1 N–H and O–H groups in total. The number of nitrogens with zero attached hydrogens (tertiary/aromatic N) is 1. The average Bonchev–Trinajstić information content (AvgIpc) is 2.53. The Labute approximate surface area is 152 Å². The molecule has 0 unspecified atom stereocenters. The van der Waals surface area contributed by atoms with Crippen molar-refractivity contribution in [3.8, 4) is 6.07 Å². The zero-order valence-corrected chi connectivity index (χ0v) is 15.4. The van der Waals surface area contributed by atoms with Gasteiger partial charge in [-0.25, -0.2) is 4.39 Å². The number of aromatic nitrogens is 1. The van der Waals surface area contributed by atoms with Crippen molar-refractivity contribution >= 4 is 21.9 Å². The molecule has 5 nitrogen and oxygen atoms in total. The molecular formula is C18H16BrFN2O3. The molecule has 0 amide bonds. The van der Waals surface area contributed by atoms with Crippen molar-refractivity contribution in [2.45, 2.75) is 33.3 Å². The zero-order valence-electron chi connectivity index (χ0n) is 13.8. The number of ether oxygens (including phenoxy) is 1. The fraction of sp³-hybridized carbons (Fsp3) is 0.278. The van der Waals surface area contributed by atoms with Crippen LogP contribution in [0, 0.1) is 31.0 Å². The van der Waals surface area contributed by atoms with Gasteiger partial charge < -0.3 is 9.72 Å². The van der Waals surface area contributed by atoms with E-state index in [1.54, 1.807) is 26.0 Å². The van der Waals surface area contributed by atoms with Crippen molar-refractivity contribution in [2.24, 2.45) is 0 Å². The summed E-state index contributed by atoms with van der Waals surface area (Å²) in [6, 6.07) is 6.39. The third-order valence-corrected chi connectivity index (χ3v) is 4.40. The molecule has 0 aliphatic heterocycles. The van der Waals surface area contributed by atoms with E-state index in [0.29, 0.717) is 27.7 Å². The first-order chi connectivity index (χ1) is 11.8. The summed E-state index contributed by atoms with van der Waals surface area (Å²) >= 11 is 3.16. The standard InChI is InChI=1S/C18H16BrFN2O3/c1-10-14(11(2)22-18(24)15(10)8-21)5-6-17(23)25-9-12-3-4-13(19)7-16(12)20/h3-4,7H,5-6,9H2,1-2H3,(H,22,24). The van der Waals surface area contributed by atoms with Gasteiger partial charge >= 0.3 is 5.97 Å². The zero-order chi connectivity index (χ0) is 18.6. The first-order valence-corrected chi connectivity index (χ1v) is 8.34. The summed E-state index contributed by atoms with van der Waals surface area (Å²) in [4.78, 5) is 26.2. The van der Waals surface area contributed by atoms with Crippen LogP contribution in [0.1, 0.15) is 34.4 Å². The van der Waals surface area contributed by atoms with Gasteiger partial charge in [-0.1, -0.05) is 22.0 Å². The van der Waals surface area contributed by atoms with E-state index < -0.39 is 17.3 Å². The molecule has 130 valence electrons. The molecule has 0 saturated carbocycles. The van der Waals surface area contributed by atoms with E-state index in [1.165, 1.54) is 6.07 Å². The van der Waals surface area contributed by atoms with Gasteiger partial charge in [0.05, 0.1) is 0 Å². The molecule has 0 atom stereocenters. The smallest absolute Gasteiger partial charge is 0.306 e. The highest BCUT2D eigenvalue weighted by atomic mass is 79.9. The van der Waals surface area contributed by atoms with Crippen LogP contribution in [0.5, 0.6) is 0 Å². The summed E-state index contributed by atoms with van der Waals surface area (Å²) < 4.78 is 19.4. The molecule has 2 aromatic rings. The molecular weight excluding hydrogens is 391 g/mol. The van der Waals surface area contributed by atoms with Gasteiger partial charge in [0.2, 0.25) is 0 Å². The highest BCUT2D eigenvalue weighted by Crippen LogP contribution is 2.17. The predicted molar refractivity (Wildman–Crippen MR) is 93.5 cm³/mol. The van der Waals surface area contributed by atoms with E-state index >= 15 is 0 Å². The van der Waals surface area contributed by atoms with Crippen LogP contribution in [0.2, 0.25) is 0 Å². The van der Waals surface area contributed by atoms with Gasteiger partial charge in [0.1, 0.15) is 24.1 Å². The van der Waals surface area contributed by atoms with E-state index in [4.69, 9.17) is 10.00 Å². The first-order valence-electron chi connectivity index (χ1n) is 7.55. The SMILES string of the molecule is Cc1[nH]c(=O)c(C#N)c(C)c1CCC(=O)OCc1ccc(Br)cc1F. The van der Waals surface area contributed by atoms with Crippen LogP contribution in [0.4, 0.5) is 4.39 Å². The first kappa shape index (κ1) is 18.9. The number of pyridine rings is 1. The predicted octanol–water partition coefficient (Wildman–Crippen LogP) is 3.44. The lowest BCUT2D eigenvalue weighted by atomic mass is 9.99. The van der Waals surface area contributed by atoms with Crippen LogP contribution < -0.4 is 5.56 Å². The number of carbonyl (C=O) groups excluding carboxylic acids is 1. The molecule has 0 radical (unpaired) electrons. The minimum absolute atomic E-state index is 0.0471. The summed E-state index contributed by atoms with van der Waals surface area (Å²) in [5.41, 5.74) is 1.83. The second-order valence-electron chi connectivity index (χ2n) is 5.57. The Morgan fingerprint density at radius 3 is 2.76 bits per heavy atom. The minimum atomic E-state index is -0.481. The molecule has 1 heterocycles. The molecule has 0 fully saturated rings. The van der Waals surface area contributed by atoms with Gasteiger partial charge in [-0.05, 0) is 43.5 Å². The number of benzene rings is 1. The van der Waals surface area contributed by atoms with E-state index in [9.17, 15) is 14.0 Å². The number of hydrogen-bond acceptors (Lipinski definition) is 4. The van der Waals surface area contributed by atoms with Crippen molar-refractivity contribution in [1.82, 2.24) is 4.98 Å². The monoisotopic (exact) mass is 406 g/mol. The lowest BCUT2D eigenvalue weighted by Crippen LogP contribution is -2.17. The Bertz CT molecular complexity index is 916. The van der Waals surface area contributed by atoms with Crippen LogP contribution in [0.15, 0.2) is 27.5 Å². The lowest BCUT2D eigenvalue weighted by Gasteiger charge is -2.11. The molecule has 0 spiro atoms. The third-order valence-electron chi connectivity index (χ3n) is 3.90. The summed E-state index contributed by atoms with van der Waals surface area (Å²) in [6.07, 6.45) is 0.390. The van der Waals surface area contributed by atoms with Crippen LogP contribution in [0.25, 0.3) is 0 Å². The van der Waals surface area contributed by atoms with Crippen LogP contribution in [0.3, 0.4) is 0 Å². The molecule has 0 aliphatic rings. The van der Waals surface area contributed by atoms with Gasteiger partial charge in [-0.2, -0.15) is 5.26 Å². The molecule has 7 heteroatoms. The number of halogens is 2. The number of H-pyrrole nitrogens is 1. The summed E-state index contributed by atoms with van der Waals surface area (Å²) in [5, 5.41) is 9.05. The Morgan fingerprint density at radius 1 is 1.40 bits per heavy atom. The van der Waals surface area contributed by atoms with E-state index in [1.807, 2.05) is 6.07 Å². The van der Waals surface area contributed by atoms with Crippen molar-refractivity contribution in [3.63, 3.8) is 0 Å². The van der Waals surface area contributed by atoms with Crippen molar-refractivity contribution in [1.29, 1.82) is 5.26 Å². The lowest BCUT2D eigenvalue weighted by molar-refractivity contribution is -0.144. The second-order valence-corrected chi connectivity index (χ2v) is 6.48. The molecule has 25 heavy (non-hydrogen) atoms. The maximum atomic E-state index is 13.7. The van der Waals surface area contributed by atoms with E-state index in [2.05, 4.69) is 20.9 Å². The van der Waals surface area contributed by atoms with E-state index in [-0.39, 0.29) is 18.6 Å². The number of rotatable bonds is 5. The molecule has 0 aliphatic carbocycles. The largest absolute Gasteiger partial charge is 0.461 e. The molecule has 0 bridgehead atoms. The maximum Gasteiger partial charge on any atom is 0.306 e. The second kappa shape index (κ2) is 8.08. The van der Waals surface area contributed by atoms with Crippen molar-refractivity contribution in [3.05, 3.63) is 66.8 Å². The summed E-state index contributed by atoms with van der Waals surface area (Å²) in [6.45, 7) is 3.25.